The van der Waals surface area contributed by atoms with Crippen molar-refractivity contribution in [3.63, 3.8) is 0 Å². The molecule has 1 saturated heterocycles. The highest BCUT2D eigenvalue weighted by molar-refractivity contribution is 14.1. The Labute approximate surface area is 131 Å². The normalized spacial score (nSPS) is 18.9. The Morgan fingerprint density at radius 1 is 1.40 bits per heavy atom. The molecule has 0 spiro atoms. The largest absolute Gasteiger partial charge is 0.481 e. The number of anilines is 1. The van der Waals surface area contributed by atoms with Gasteiger partial charge >= 0.3 is 5.97 Å². The van der Waals surface area contributed by atoms with E-state index < -0.39 is 5.97 Å². The van der Waals surface area contributed by atoms with Crippen LogP contribution in [-0.2, 0) is 9.59 Å². The third-order valence-electron chi connectivity index (χ3n) is 3.35. The standard InChI is InChI=1S/C14H17IN2O3/c15-11-3-1-2-4-12(11)16-13(18)9-17-6-5-10(8-17)7-14(19)20/h1-4,10H,5-9H2,(H,16,18)(H,19,20). The smallest absolute Gasteiger partial charge is 0.303 e. The van der Waals surface area contributed by atoms with Crippen LogP contribution < -0.4 is 5.32 Å². The van der Waals surface area contributed by atoms with E-state index in [1.807, 2.05) is 29.2 Å². The maximum absolute atomic E-state index is 12.0. The Morgan fingerprint density at radius 2 is 2.15 bits per heavy atom. The Balaban J connectivity index is 1.81. The van der Waals surface area contributed by atoms with Crippen LogP contribution in [0, 0.1) is 9.49 Å². The van der Waals surface area contributed by atoms with E-state index in [1.54, 1.807) is 0 Å². The molecular formula is C14H17IN2O3. The minimum Gasteiger partial charge on any atom is -0.481 e. The molecule has 1 aromatic rings. The van der Waals surface area contributed by atoms with Gasteiger partial charge in [-0.05, 0) is 53.6 Å². The summed E-state index contributed by atoms with van der Waals surface area (Å²) in [6.45, 7) is 1.80. The van der Waals surface area contributed by atoms with Crippen LogP contribution in [0.1, 0.15) is 12.8 Å². The highest BCUT2D eigenvalue weighted by Gasteiger charge is 2.25. The SMILES string of the molecule is O=C(O)CC1CCN(CC(=O)Nc2ccccc2I)C1. The lowest BCUT2D eigenvalue weighted by Crippen LogP contribution is -2.32. The first-order valence-electron chi connectivity index (χ1n) is 6.53. The van der Waals surface area contributed by atoms with Gasteiger partial charge in [-0.1, -0.05) is 12.1 Å². The average molecular weight is 388 g/mol. The number of likely N-dealkylation sites (tertiary alicyclic amines) is 1. The molecule has 1 heterocycles. The van der Waals surface area contributed by atoms with Gasteiger partial charge in [0.25, 0.3) is 0 Å². The minimum atomic E-state index is -0.764. The Morgan fingerprint density at radius 3 is 2.85 bits per heavy atom. The molecule has 1 unspecified atom stereocenters. The van der Waals surface area contributed by atoms with Gasteiger partial charge in [-0.3, -0.25) is 14.5 Å². The number of hydrogen-bond acceptors (Lipinski definition) is 3. The van der Waals surface area contributed by atoms with Gasteiger partial charge in [0.15, 0.2) is 0 Å². The van der Waals surface area contributed by atoms with Gasteiger partial charge in [0.1, 0.15) is 0 Å². The summed E-state index contributed by atoms with van der Waals surface area (Å²) in [5, 5.41) is 11.7. The van der Waals surface area contributed by atoms with Crippen molar-refractivity contribution in [1.29, 1.82) is 0 Å². The first-order chi connectivity index (χ1) is 9.54. The molecule has 6 heteroatoms. The number of carbonyl (C=O) groups is 2. The summed E-state index contributed by atoms with van der Waals surface area (Å²) >= 11 is 2.18. The van der Waals surface area contributed by atoms with E-state index in [1.165, 1.54) is 0 Å². The molecule has 108 valence electrons. The van der Waals surface area contributed by atoms with Crippen molar-refractivity contribution in [2.75, 3.05) is 25.0 Å². The molecule has 1 amide bonds. The summed E-state index contributed by atoms with van der Waals surface area (Å²) in [4.78, 5) is 24.7. The van der Waals surface area contributed by atoms with E-state index >= 15 is 0 Å². The maximum Gasteiger partial charge on any atom is 0.303 e. The van der Waals surface area contributed by atoms with Crippen molar-refractivity contribution in [3.8, 4) is 0 Å². The fourth-order valence-electron chi connectivity index (χ4n) is 2.43. The number of aliphatic carboxylic acids is 1. The first-order valence-corrected chi connectivity index (χ1v) is 7.61. The number of nitrogens with one attached hydrogen (secondary N) is 1. The zero-order chi connectivity index (χ0) is 14.5. The monoisotopic (exact) mass is 388 g/mol. The molecule has 0 bridgehead atoms. The van der Waals surface area contributed by atoms with Crippen LogP contribution in [-0.4, -0.2) is 41.5 Å². The van der Waals surface area contributed by atoms with Crippen LogP contribution in [0.25, 0.3) is 0 Å². The molecule has 0 aromatic heterocycles. The number of benzene rings is 1. The van der Waals surface area contributed by atoms with Crippen LogP contribution in [0.2, 0.25) is 0 Å². The lowest BCUT2D eigenvalue weighted by atomic mass is 10.1. The third kappa shape index (κ3) is 4.45. The van der Waals surface area contributed by atoms with Crippen LogP contribution in [0.5, 0.6) is 0 Å². The second-order valence-electron chi connectivity index (χ2n) is 5.02. The van der Waals surface area contributed by atoms with E-state index in [0.717, 1.165) is 22.2 Å². The quantitative estimate of drug-likeness (QED) is 0.758. The number of halogens is 1. The molecule has 2 N–H and O–H groups in total. The molecule has 0 radical (unpaired) electrons. The van der Waals surface area contributed by atoms with Gasteiger partial charge in [0.05, 0.1) is 12.2 Å². The van der Waals surface area contributed by atoms with Crippen LogP contribution >= 0.6 is 22.6 Å². The minimum absolute atomic E-state index is 0.0508. The summed E-state index contributed by atoms with van der Waals surface area (Å²) in [6.07, 6.45) is 1.04. The molecule has 1 aliphatic rings. The van der Waals surface area contributed by atoms with E-state index in [9.17, 15) is 9.59 Å². The highest BCUT2D eigenvalue weighted by Crippen LogP contribution is 2.20. The van der Waals surface area contributed by atoms with Crippen LogP contribution in [0.15, 0.2) is 24.3 Å². The van der Waals surface area contributed by atoms with E-state index in [-0.39, 0.29) is 18.2 Å². The lowest BCUT2D eigenvalue weighted by molar-refractivity contribution is -0.138. The fourth-order valence-corrected chi connectivity index (χ4v) is 2.95. The molecule has 1 atom stereocenters. The number of amides is 1. The number of hydrogen-bond donors (Lipinski definition) is 2. The number of carboxylic acid groups (broad SMARTS) is 1. The molecule has 20 heavy (non-hydrogen) atoms. The Bertz CT molecular complexity index is 507. The Kier molecular flexibility index (Phi) is 5.36. The molecule has 0 saturated carbocycles. The zero-order valence-electron chi connectivity index (χ0n) is 11.0. The van der Waals surface area contributed by atoms with Crippen molar-refractivity contribution >= 4 is 40.2 Å². The topological polar surface area (TPSA) is 69.6 Å². The molecule has 1 aliphatic heterocycles. The predicted octanol–water partition coefficient (Wildman–Crippen LogP) is 2.03. The lowest BCUT2D eigenvalue weighted by Gasteiger charge is -2.15. The zero-order valence-corrected chi connectivity index (χ0v) is 13.2. The molecule has 0 aliphatic carbocycles. The average Bonchev–Trinajstić information content (AvgIpc) is 2.78. The van der Waals surface area contributed by atoms with Crippen molar-refractivity contribution in [2.24, 2.45) is 5.92 Å². The van der Waals surface area contributed by atoms with Gasteiger partial charge < -0.3 is 10.4 Å². The summed E-state index contributed by atoms with van der Waals surface area (Å²) < 4.78 is 1.00. The molecule has 2 rings (SSSR count). The number of nitrogens with zero attached hydrogens (tertiary/aromatic N) is 1. The third-order valence-corrected chi connectivity index (χ3v) is 4.29. The molecular weight excluding hydrogens is 371 g/mol. The van der Waals surface area contributed by atoms with E-state index in [0.29, 0.717) is 13.1 Å². The summed E-state index contributed by atoms with van der Waals surface area (Å²) in [6, 6.07) is 7.62. The molecule has 1 aromatic carbocycles. The maximum atomic E-state index is 12.0. The van der Waals surface area contributed by atoms with Gasteiger partial charge in [-0.25, -0.2) is 0 Å². The van der Waals surface area contributed by atoms with E-state index in [4.69, 9.17) is 5.11 Å². The van der Waals surface area contributed by atoms with Gasteiger partial charge in [0.2, 0.25) is 5.91 Å². The molecule has 5 nitrogen and oxygen atoms in total. The van der Waals surface area contributed by atoms with Gasteiger partial charge in [-0.2, -0.15) is 0 Å². The summed E-state index contributed by atoms with van der Waals surface area (Å²) in [7, 11) is 0. The second kappa shape index (κ2) is 7.03. The van der Waals surface area contributed by atoms with Crippen molar-refractivity contribution in [1.82, 2.24) is 4.90 Å². The van der Waals surface area contributed by atoms with E-state index in [2.05, 4.69) is 27.9 Å². The van der Waals surface area contributed by atoms with Crippen LogP contribution in [0.4, 0.5) is 5.69 Å². The van der Waals surface area contributed by atoms with Crippen molar-refractivity contribution in [2.45, 2.75) is 12.8 Å². The Hall–Kier alpha value is -1.15. The number of para-hydroxylation sites is 1. The summed E-state index contributed by atoms with van der Waals surface area (Å²) in [5.74, 6) is -0.651. The molecule has 1 fully saturated rings. The second-order valence-corrected chi connectivity index (χ2v) is 6.18. The van der Waals surface area contributed by atoms with Crippen molar-refractivity contribution < 1.29 is 14.7 Å². The number of rotatable bonds is 5. The highest BCUT2D eigenvalue weighted by atomic mass is 127. The first kappa shape index (κ1) is 15.2. The number of carbonyl (C=O) groups excluding carboxylic acids is 1. The predicted molar refractivity (Wildman–Crippen MR) is 84.6 cm³/mol. The summed E-state index contributed by atoms with van der Waals surface area (Å²) in [5.41, 5.74) is 0.819. The van der Waals surface area contributed by atoms with Crippen molar-refractivity contribution in [3.05, 3.63) is 27.8 Å². The van der Waals surface area contributed by atoms with Crippen LogP contribution in [0.3, 0.4) is 0 Å². The fraction of sp³-hybridized carbons (Fsp3) is 0.429. The number of carboxylic acids is 1. The van der Waals surface area contributed by atoms with Gasteiger partial charge in [-0.15, -0.1) is 0 Å². The van der Waals surface area contributed by atoms with Gasteiger partial charge in [0, 0.05) is 16.5 Å².